The summed E-state index contributed by atoms with van der Waals surface area (Å²) in [5.41, 5.74) is 0.669. The van der Waals surface area contributed by atoms with Gasteiger partial charge in [-0.2, -0.15) is 0 Å². The van der Waals surface area contributed by atoms with Crippen molar-refractivity contribution in [1.82, 2.24) is 9.80 Å². The number of carbonyl (C=O) groups excluding carboxylic acids is 1. The van der Waals surface area contributed by atoms with E-state index in [1.807, 2.05) is 0 Å². The van der Waals surface area contributed by atoms with E-state index in [9.17, 15) is 9.18 Å². The summed E-state index contributed by atoms with van der Waals surface area (Å²) in [6, 6.07) is 4.80. The lowest BCUT2D eigenvalue weighted by Crippen LogP contribution is -2.46. The van der Waals surface area contributed by atoms with Crippen LogP contribution in [0.25, 0.3) is 0 Å². The second-order valence-electron chi connectivity index (χ2n) is 5.18. The zero-order valence-electron chi connectivity index (χ0n) is 12.1. The Morgan fingerprint density at radius 1 is 1.29 bits per heavy atom. The van der Waals surface area contributed by atoms with Crippen LogP contribution in [-0.4, -0.2) is 55.6 Å². The molecule has 1 aliphatic heterocycles. The van der Waals surface area contributed by atoms with Crippen molar-refractivity contribution in [2.24, 2.45) is 0 Å². The number of rotatable bonds is 5. The van der Waals surface area contributed by atoms with Crippen LogP contribution in [0.15, 0.2) is 18.2 Å². The molecule has 0 N–H and O–H groups in total. The van der Waals surface area contributed by atoms with E-state index in [1.165, 1.54) is 13.2 Å². The molecule has 1 heterocycles. The Hall–Kier alpha value is -1.17. The van der Waals surface area contributed by atoms with Crippen molar-refractivity contribution in [3.8, 4) is 0 Å². The summed E-state index contributed by atoms with van der Waals surface area (Å²) >= 11 is 5.75. The molecule has 6 heteroatoms. The highest BCUT2D eigenvalue weighted by atomic mass is 35.5. The molecule has 116 valence electrons. The van der Waals surface area contributed by atoms with Crippen LogP contribution in [0.5, 0.6) is 0 Å². The summed E-state index contributed by atoms with van der Waals surface area (Å²) in [5, 5.41) is 0.420. The average molecular weight is 315 g/mol. The molecule has 1 saturated heterocycles. The van der Waals surface area contributed by atoms with E-state index >= 15 is 0 Å². The van der Waals surface area contributed by atoms with Crippen LogP contribution in [0.3, 0.4) is 0 Å². The maximum atomic E-state index is 13.8. The van der Waals surface area contributed by atoms with Crippen LogP contribution in [0.2, 0.25) is 5.02 Å². The second-order valence-corrected chi connectivity index (χ2v) is 5.62. The molecule has 0 amide bonds. The van der Waals surface area contributed by atoms with Gasteiger partial charge in [-0.25, -0.2) is 4.39 Å². The van der Waals surface area contributed by atoms with E-state index in [2.05, 4.69) is 14.5 Å². The number of ether oxygens (including phenoxy) is 1. The molecule has 1 aliphatic rings. The molecule has 0 saturated carbocycles. The maximum Gasteiger partial charge on any atom is 0.306 e. The minimum atomic E-state index is -0.254. The number of hydrogen-bond acceptors (Lipinski definition) is 4. The van der Waals surface area contributed by atoms with Crippen molar-refractivity contribution in [3.63, 3.8) is 0 Å². The van der Waals surface area contributed by atoms with Crippen molar-refractivity contribution < 1.29 is 13.9 Å². The molecule has 0 aliphatic carbocycles. The normalized spacial score (nSPS) is 16.9. The van der Waals surface area contributed by atoms with Gasteiger partial charge in [0.05, 0.1) is 13.5 Å². The molecular weight excluding hydrogens is 295 g/mol. The number of nitrogens with zero attached hydrogens (tertiary/aromatic N) is 2. The zero-order chi connectivity index (χ0) is 15.2. The van der Waals surface area contributed by atoms with Gasteiger partial charge in [0.2, 0.25) is 0 Å². The summed E-state index contributed by atoms with van der Waals surface area (Å²) in [5.74, 6) is -0.434. The molecule has 1 aromatic rings. The monoisotopic (exact) mass is 314 g/mol. The van der Waals surface area contributed by atoms with E-state index in [4.69, 9.17) is 11.6 Å². The standard InChI is InChI=1S/C15H20ClFN2O2/c1-21-15(20)4-5-18-6-8-19(9-7-18)11-12-2-3-13(16)10-14(12)17/h2-3,10H,4-9,11H2,1H3. The first-order valence-corrected chi connectivity index (χ1v) is 7.41. The summed E-state index contributed by atoms with van der Waals surface area (Å²) in [6.45, 7) is 4.80. The Morgan fingerprint density at radius 3 is 2.57 bits per heavy atom. The zero-order valence-corrected chi connectivity index (χ0v) is 12.9. The fourth-order valence-electron chi connectivity index (χ4n) is 2.41. The minimum Gasteiger partial charge on any atom is -0.469 e. The van der Waals surface area contributed by atoms with Crippen LogP contribution in [0, 0.1) is 5.82 Å². The molecule has 0 spiro atoms. The topological polar surface area (TPSA) is 32.8 Å². The van der Waals surface area contributed by atoms with Gasteiger partial charge in [-0.3, -0.25) is 9.69 Å². The van der Waals surface area contributed by atoms with Gasteiger partial charge in [0.15, 0.2) is 0 Å². The highest BCUT2D eigenvalue weighted by Crippen LogP contribution is 2.17. The average Bonchev–Trinajstić information content (AvgIpc) is 2.49. The van der Waals surface area contributed by atoms with Crippen molar-refractivity contribution in [2.45, 2.75) is 13.0 Å². The van der Waals surface area contributed by atoms with E-state index < -0.39 is 0 Å². The van der Waals surface area contributed by atoms with Crippen LogP contribution in [-0.2, 0) is 16.1 Å². The minimum absolute atomic E-state index is 0.180. The molecule has 21 heavy (non-hydrogen) atoms. The molecule has 1 fully saturated rings. The van der Waals surface area contributed by atoms with Gasteiger partial charge in [-0.15, -0.1) is 0 Å². The molecule has 0 atom stereocenters. The van der Waals surface area contributed by atoms with Crippen LogP contribution >= 0.6 is 11.6 Å². The number of esters is 1. The molecule has 0 radical (unpaired) electrons. The van der Waals surface area contributed by atoms with E-state index in [1.54, 1.807) is 12.1 Å². The Balaban J connectivity index is 1.77. The Bertz CT molecular complexity index is 491. The summed E-state index contributed by atoms with van der Waals surface area (Å²) < 4.78 is 18.4. The molecule has 0 aromatic heterocycles. The van der Waals surface area contributed by atoms with Crippen molar-refractivity contribution >= 4 is 17.6 Å². The Kier molecular flexibility index (Phi) is 5.96. The predicted octanol–water partition coefficient (Wildman–Crippen LogP) is 2.16. The van der Waals surface area contributed by atoms with Gasteiger partial charge in [0.1, 0.15) is 5.82 Å². The fraction of sp³-hybridized carbons (Fsp3) is 0.533. The summed E-state index contributed by atoms with van der Waals surface area (Å²) in [7, 11) is 1.40. The number of halogens is 2. The smallest absolute Gasteiger partial charge is 0.306 e. The molecule has 0 bridgehead atoms. The molecule has 1 aromatic carbocycles. The van der Waals surface area contributed by atoms with Crippen molar-refractivity contribution in [1.29, 1.82) is 0 Å². The van der Waals surface area contributed by atoms with E-state index in [0.29, 0.717) is 23.6 Å². The van der Waals surface area contributed by atoms with Crippen molar-refractivity contribution in [2.75, 3.05) is 39.8 Å². The third-order valence-electron chi connectivity index (χ3n) is 3.73. The van der Waals surface area contributed by atoms with Gasteiger partial charge in [-0.05, 0) is 12.1 Å². The van der Waals surface area contributed by atoms with Gasteiger partial charge in [0.25, 0.3) is 0 Å². The number of piperazine rings is 1. The third kappa shape index (κ3) is 4.95. The number of carbonyl (C=O) groups is 1. The number of benzene rings is 1. The largest absolute Gasteiger partial charge is 0.469 e. The van der Waals surface area contributed by atoms with Gasteiger partial charge < -0.3 is 9.64 Å². The molecule has 2 rings (SSSR count). The summed E-state index contributed by atoms with van der Waals surface area (Å²) in [4.78, 5) is 15.6. The van der Waals surface area contributed by atoms with Crippen molar-refractivity contribution in [3.05, 3.63) is 34.6 Å². The Morgan fingerprint density at radius 2 is 1.95 bits per heavy atom. The fourth-order valence-corrected chi connectivity index (χ4v) is 2.57. The molecular formula is C15H20ClFN2O2. The maximum absolute atomic E-state index is 13.8. The highest BCUT2D eigenvalue weighted by Gasteiger charge is 2.18. The number of hydrogen-bond donors (Lipinski definition) is 0. The lowest BCUT2D eigenvalue weighted by molar-refractivity contribution is -0.141. The first-order valence-electron chi connectivity index (χ1n) is 7.04. The van der Waals surface area contributed by atoms with Gasteiger partial charge >= 0.3 is 5.97 Å². The predicted molar refractivity (Wildman–Crippen MR) is 79.8 cm³/mol. The van der Waals surface area contributed by atoms with Crippen LogP contribution < -0.4 is 0 Å². The highest BCUT2D eigenvalue weighted by molar-refractivity contribution is 6.30. The number of methoxy groups -OCH3 is 1. The quantitative estimate of drug-likeness (QED) is 0.780. The van der Waals surface area contributed by atoms with Gasteiger partial charge in [-0.1, -0.05) is 17.7 Å². The van der Waals surface area contributed by atoms with Crippen LogP contribution in [0.1, 0.15) is 12.0 Å². The Labute approximate surface area is 129 Å². The van der Waals surface area contributed by atoms with Crippen LogP contribution in [0.4, 0.5) is 4.39 Å². The molecule has 4 nitrogen and oxygen atoms in total. The first-order chi connectivity index (χ1) is 10.1. The third-order valence-corrected chi connectivity index (χ3v) is 3.97. The van der Waals surface area contributed by atoms with E-state index in [-0.39, 0.29) is 11.8 Å². The molecule has 0 unspecified atom stereocenters. The van der Waals surface area contributed by atoms with Gasteiger partial charge in [0, 0.05) is 49.9 Å². The SMILES string of the molecule is COC(=O)CCN1CCN(Cc2ccc(Cl)cc2F)CC1. The summed E-state index contributed by atoms with van der Waals surface area (Å²) in [6.07, 6.45) is 0.419. The first kappa shape index (κ1) is 16.2. The lowest BCUT2D eigenvalue weighted by Gasteiger charge is -2.34. The lowest BCUT2D eigenvalue weighted by atomic mass is 10.2. The van der Waals surface area contributed by atoms with E-state index in [0.717, 1.165) is 32.7 Å². The second kappa shape index (κ2) is 7.73.